The molecule has 5 aliphatic rings. The molecule has 2 N–H and O–H groups in total. The second-order valence-electron chi connectivity index (χ2n) is 10.2. The summed E-state index contributed by atoms with van der Waals surface area (Å²) in [5, 5.41) is 0. The number of nitrogens with zero attached hydrogens (tertiary/aromatic N) is 1. The lowest BCUT2D eigenvalue weighted by atomic mass is 9.04. The van der Waals surface area contributed by atoms with Crippen molar-refractivity contribution in [2.45, 2.75) is 56.9 Å². The van der Waals surface area contributed by atoms with Crippen LogP contribution in [0.3, 0.4) is 0 Å². The Kier molecular flexibility index (Phi) is 2.45. The van der Waals surface area contributed by atoms with Crippen molar-refractivity contribution in [2.24, 2.45) is 27.9 Å². The molecule has 0 aromatic heterocycles. The summed E-state index contributed by atoms with van der Waals surface area (Å²) in [4.78, 5) is 2.76. The van der Waals surface area contributed by atoms with Gasteiger partial charge in [0, 0.05) is 18.0 Å². The molecule has 5 unspecified atom stereocenters. The molecule has 1 spiro atoms. The highest BCUT2D eigenvalue weighted by Gasteiger charge is 2.97. The number of benzene rings is 1. The average molecular weight is 322 g/mol. The van der Waals surface area contributed by atoms with Crippen LogP contribution < -0.4 is 5.73 Å². The highest BCUT2D eigenvalue weighted by atomic mass is 15.2. The molecule has 128 valence electrons. The first kappa shape index (κ1) is 14.3. The number of piperidine rings is 1. The van der Waals surface area contributed by atoms with Crippen LogP contribution >= 0.6 is 0 Å². The molecule has 5 atom stereocenters. The molecule has 4 saturated carbocycles. The van der Waals surface area contributed by atoms with Crippen molar-refractivity contribution in [1.82, 2.24) is 4.90 Å². The number of nitrogens with two attached hydrogens (primary N) is 1. The van der Waals surface area contributed by atoms with Crippen molar-refractivity contribution in [2.75, 3.05) is 19.6 Å². The van der Waals surface area contributed by atoms with Gasteiger partial charge in [-0.15, -0.1) is 0 Å². The van der Waals surface area contributed by atoms with E-state index in [9.17, 15) is 0 Å². The van der Waals surface area contributed by atoms with Gasteiger partial charge in [-0.05, 0) is 79.3 Å². The maximum Gasteiger partial charge on any atom is 0.00631 e. The van der Waals surface area contributed by atoms with Crippen LogP contribution in [-0.2, 0) is 5.41 Å². The van der Waals surface area contributed by atoms with Gasteiger partial charge in [0.15, 0.2) is 0 Å². The van der Waals surface area contributed by atoms with Crippen LogP contribution in [0.1, 0.15) is 51.0 Å². The van der Waals surface area contributed by atoms with Gasteiger partial charge in [-0.25, -0.2) is 0 Å². The average Bonchev–Trinajstić information content (AvgIpc) is 2.53. The topological polar surface area (TPSA) is 29.3 Å². The van der Waals surface area contributed by atoms with E-state index in [0.29, 0.717) is 27.7 Å². The predicted octanol–water partition coefficient (Wildman–Crippen LogP) is 3.56. The van der Waals surface area contributed by atoms with E-state index < -0.39 is 0 Å². The Balaban J connectivity index is 1.32. The standard InChI is InChI=1S/C22H30N2/c1-19-11-17-12-20(15-24-9-7-18(23)8-10-24)14-21(13-19,22(17,19)20)16-5-3-2-4-6-16/h2-6,17-18H,7-15,23H2,1H3. The maximum absolute atomic E-state index is 6.13. The van der Waals surface area contributed by atoms with Gasteiger partial charge in [0.25, 0.3) is 0 Å². The molecule has 2 nitrogen and oxygen atoms in total. The Bertz CT molecular complexity index is 693. The summed E-state index contributed by atoms with van der Waals surface area (Å²) in [6.45, 7) is 6.45. The van der Waals surface area contributed by atoms with Crippen LogP contribution in [0.25, 0.3) is 0 Å². The zero-order chi connectivity index (χ0) is 16.2. The summed E-state index contributed by atoms with van der Waals surface area (Å²) in [6, 6.07) is 12.0. The molecule has 1 heterocycles. The van der Waals surface area contributed by atoms with Gasteiger partial charge in [0.05, 0.1) is 0 Å². The minimum absolute atomic E-state index is 0.452. The summed E-state index contributed by atoms with van der Waals surface area (Å²) < 4.78 is 0. The van der Waals surface area contributed by atoms with Crippen LogP contribution in [-0.4, -0.2) is 30.6 Å². The molecule has 2 heteroatoms. The Hall–Kier alpha value is -0.860. The van der Waals surface area contributed by atoms with Gasteiger partial charge >= 0.3 is 0 Å². The Morgan fingerprint density at radius 3 is 2.50 bits per heavy atom. The number of likely N-dealkylation sites (tertiary alicyclic amines) is 1. The lowest BCUT2D eigenvalue weighted by molar-refractivity contribution is -0.489. The van der Waals surface area contributed by atoms with Gasteiger partial charge in [-0.3, -0.25) is 0 Å². The molecule has 1 aliphatic heterocycles. The third kappa shape index (κ3) is 1.24. The largest absolute Gasteiger partial charge is 0.328 e. The molecule has 0 radical (unpaired) electrons. The van der Waals surface area contributed by atoms with Gasteiger partial charge in [-0.1, -0.05) is 37.3 Å². The molecule has 5 fully saturated rings. The molecule has 0 bridgehead atoms. The summed E-state index contributed by atoms with van der Waals surface area (Å²) in [5.74, 6) is 1.03. The molecule has 6 rings (SSSR count). The second kappa shape index (κ2) is 4.10. The predicted molar refractivity (Wildman–Crippen MR) is 96.7 cm³/mol. The zero-order valence-electron chi connectivity index (χ0n) is 14.9. The highest BCUT2D eigenvalue weighted by Crippen LogP contribution is 3.01. The molecule has 0 amide bonds. The van der Waals surface area contributed by atoms with E-state index in [-0.39, 0.29) is 0 Å². The van der Waals surface area contributed by atoms with Crippen molar-refractivity contribution in [1.29, 1.82) is 0 Å². The van der Waals surface area contributed by atoms with Gasteiger partial charge in [0.2, 0.25) is 0 Å². The summed E-state index contributed by atoms with van der Waals surface area (Å²) in [6.07, 6.45) is 8.33. The number of rotatable bonds is 3. The molecular weight excluding hydrogens is 292 g/mol. The summed E-state index contributed by atoms with van der Waals surface area (Å²) >= 11 is 0. The van der Waals surface area contributed by atoms with Gasteiger partial charge < -0.3 is 10.6 Å². The van der Waals surface area contributed by atoms with E-state index >= 15 is 0 Å². The fourth-order valence-corrected chi connectivity index (χ4v) is 9.26. The minimum Gasteiger partial charge on any atom is -0.328 e. The molecule has 1 aromatic carbocycles. The van der Waals surface area contributed by atoms with E-state index in [1.54, 1.807) is 5.56 Å². The minimum atomic E-state index is 0.452. The van der Waals surface area contributed by atoms with Crippen LogP contribution in [0, 0.1) is 22.2 Å². The van der Waals surface area contributed by atoms with E-state index in [0.717, 1.165) is 5.92 Å². The normalized spacial score (nSPS) is 52.2. The second-order valence-corrected chi connectivity index (χ2v) is 10.2. The monoisotopic (exact) mass is 322 g/mol. The lowest BCUT2D eigenvalue weighted by Crippen LogP contribution is -2.96. The van der Waals surface area contributed by atoms with Crippen molar-refractivity contribution >= 4 is 0 Å². The lowest BCUT2D eigenvalue weighted by Gasteiger charge is -3.00. The van der Waals surface area contributed by atoms with Crippen LogP contribution in [0.2, 0.25) is 0 Å². The molecule has 24 heavy (non-hydrogen) atoms. The van der Waals surface area contributed by atoms with E-state index in [2.05, 4.69) is 42.2 Å². The van der Waals surface area contributed by atoms with Crippen molar-refractivity contribution in [3.05, 3.63) is 35.9 Å². The number of hydrogen-bond donors (Lipinski definition) is 1. The molecule has 1 saturated heterocycles. The SMILES string of the molecule is CC12CC3CC4(CN5CCC(N)CC5)CC(c5ccccc5)(C1)C324. The third-order valence-corrected chi connectivity index (χ3v) is 9.31. The smallest absolute Gasteiger partial charge is 0.00631 e. The molecular formula is C22H30N2. The van der Waals surface area contributed by atoms with Crippen molar-refractivity contribution in [3.63, 3.8) is 0 Å². The van der Waals surface area contributed by atoms with E-state index in [1.165, 1.54) is 58.2 Å². The van der Waals surface area contributed by atoms with Crippen molar-refractivity contribution in [3.8, 4) is 0 Å². The fourth-order valence-electron chi connectivity index (χ4n) is 9.26. The summed E-state index contributed by atoms with van der Waals surface area (Å²) in [7, 11) is 0. The van der Waals surface area contributed by atoms with Crippen LogP contribution in [0.5, 0.6) is 0 Å². The first-order valence-corrected chi connectivity index (χ1v) is 10.1. The quantitative estimate of drug-likeness (QED) is 0.922. The van der Waals surface area contributed by atoms with Crippen LogP contribution in [0.15, 0.2) is 30.3 Å². The van der Waals surface area contributed by atoms with Gasteiger partial charge in [0.1, 0.15) is 0 Å². The van der Waals surface area contributed by atoms with E-state index in [4.69, 9.17) is 5.73 Å². The Labute approximate surface area is 145 Å². The van der Waals surface area contributed by atoms with Gasteiger partial charge in [-0.2, -0.15) is 0 Å². The zero-order valence-corrected chi connectivity index (χ0v) is 14.9. The highest BCUT2D eigenvalue weighted by molar-refractivity contribution is 5.54. The Morgan fingerprint density at radius 2 is 1.83 bits per heavy atom. The third-order valence-electron chi connectivity index (χ3n) is 9.31. The van der Waals surface area contributed by atoms with E-state index in [1.807, 2.05) is 0 Å². The fraction of sp³-hybridized carbons (Fsp3) is 0.727. The molecule has 1 aromatic rings. The Morgan fingerprint density at radius 1 is 1.08 bits per heavy atom. The first-order valence-electron chi connectivity index (χ1n) is 10.1. The van der Waals surface area contributed by atoms with Crippen molar-refractivity contribution < 1.29 is 0 Å². The number of hydrogen-bond acceptors (Lipinski definition) is 2. The first-order chi connectivity index (χ1) is 11.6. The summed E-state index contributed by atoms with van der Waals surface area (Å²) in [5.41, 5.74) is 10.3. The molecule has 4 aliphatic carbocycles. The van der Waals surface area contributed by atoms with Crippen LogP contribution in [0.4, 0.5) is 0 Å². The maximum atomic E-state index is 6.13.